The van der Waals surface area contributed by atoms with E-state index in [0.717, 1.165) is 64.2 Å². The third-order valence-corrected chi connectivity index (χ3v) is 14.5. The van der Waals surface area contributed by atoms with Crippen LogP contribution in [-0.2, 0) is 28.6 Å². The van der Waals surface area contributed by atoms with Crippen molar-refractivity contribution in [3.05, 3.63) is 24.3 Å². The molecule has 0 fully saturated rings. The number of unbranched alkanes of at least 4 members (excludes halogenated alkanes) is 44. The Balaban J connectivity index is 3.89. The minimum Gasteiger partial charge on any atom is -0.462 e. The molecule has 0 aliphatic rings. The molecule has 6 heteroatoms. The van der Waals surface area contributed by atoms with E-state index < -0.39 is 6.10 Å². The van der Waals surface area contributed by atoms with E-state index in [1.54, 1.807) is 0 Å². The van der Waals surface area contributed by atoms with E-state index in [2.05, 4.69) is 45.1 Å². The molecule has 0 aliphatic carbocycles. The van der Waals surface area contributed by atoms with Gasteiger partial charge < -0.3 is 14.2 Å². The molecule has 0 heterocycles. The summed E-state index contributed by atoms with van der Waals surface area (Å²) in [5, 5.41) is 0. The van der Waals surface area contributed by atoms with Crippen molar-refractivity contribution in [3.8, 4) is 0 Å². The maximum atomic E-state index is 12.8. The fourth-order valence-electron chi connectivity index (χ4n) is 9.65. The predicted octanol–water partition coefficient (Wildman–Crippen LogP) is 21.4. The lowest BCUT2D eigenvalue weighted by Gasteiger charge is -2.18. The number of hydrogen-bond donors (Lipinski definition) is 0. The highest BCUT2D eigenvalue weighted by atomic mass is 16.6. The van der Waals surface area contributed by atoms with Crippen molar-refractivity contribution in [2.45, 2.75) is 361 Å². The van der Waals surface area contributed by atoms with Gasteiger partial charge in [0, 0.05) is 19.3 Å². The van der Waals surface area contributed by atoms with Crippen molar-refractivity contribution in [2.24, 2.45) is 0 Å². The molecule has 0 radical (unpaired) electrons. The van der Waals surface area contributed by atoms with Crippen molar-refractivity contribution in [2.75, 3.05) is 13.2 Å². The monoisotopic (exact) mass is 999 g/mol. The average Bonchev–Trinajstić information content (AvgIpc) is 3.37. The fraction of sp³-hybridized carbons (Fsp3) is 0.892. The smallest absolute Gasteiger partial charge is 0.306 e. The first kappa shape index (κ1) is 68.9. The van der Waals surface area contributed by atoms with E-state index in [9.17, 15) is 14.4 Å². The van der Waals surface area contributed by atoms with Crippen molar-refractivity contribution in [1.82, 2.24) is 0 Å². The van der Waals surface area contributed by atoms with Crippen LogP contribution in [0.25, 0.3) is 0 Å². The van der Waals surface area contributed by atoms with Crippen LogP contribution in [0.3, 0.4) is 0 Å². The Morgan fingerprint density at radius 2 is 0.507 bits per heavy atom. The van der Waals surface area contributed by atoms with E-state index in [1.807, 2.05) is 0 Å². The summed E-state index contributed by atoms with van der Waals surface area (Å²) < 4.78 is 16.8. The molecule has 0 saturated heterocycles. The number of esters is 3. The zero-order valence-corrected chi connectivity index (χ0v) is 48.0. The lowest BCUT2D eigenvalue weighted by molar-refractivity contribution is -0.167. The first-order valence-corrected chi connectivity index (χ1v) is 31.8. The fourth-order valence-corrected chi connectivity index (χ4v) is 9.65. The molecule has 71 heavy (non-hydrogen) atoms. The van der Waals surface area contributed by atoms with Crippen LogP contribution < -0.4 is 0 Å². The molecule has 0 aromatic carbocycles. The molecule has 418 valence electrons. The minimum atomic E-state index is -0.762. The summed E-state index contributed by atoms with van der Waals surface area (Å²) in [5.41, 5.74) is 0. The number of carbonyl (C=O) groups excluding carboxylic acids is 3. The SMILES string of the molecule is CCCCCCC/C=C\C/C=C\CCCCCCCCCCCCCCCCCCCCCCCC(=O)OCC(COC(=O)CCCCCCCC)OC(=O)CCCCCCCCCCCCCCCC. The Morgan fingerprint density at radius 1 is 0.282 bits per heavy atom. The van der Waals surface area contributed by atoms with Gasteiger partial charge in [-0.1, -0.05) is 308 Å². The second-order valence-corrected chi connectivity index (χ2v) is 21.7. The number of hydrogen-bond acceptors (Lipinski definition) is 6. The zero-order chi connectivity index (χ0) is 51.4. The lowest BCUT2D eigenvalue weighted by atomic mass is 10.0. The summed E-state index contributed by atoms with van der Waals surface area (Å²) in [4.78, 5) is 37.9. The van der Waals surface area contributed by atoms with Gasteiger partial charge in [0.15, 0.2) is 6.10 Å². The van der Waals surface area contributed by atoms with Crippen molar-refractivity contribution >= 4 is 17.9 Å². The number of allylic oxidation sites excluding steroid dienone is 4. The molecular formula is C65H122O6. The quantitative estimate of drug-likeness (QED) is 0.0261. The number of ether oxygens (including phenoxy) is 3. The van der Waals surface area contributed by atoms with E-state index in [0.29, 0.717) is 19.3 Å². The van der Waals surface area contributed by atoms with E-state index in [4.69, 9.17) is 14.2 Å². The molecule has 1 atom stereocenters. The maximum Gasteiger partial charge on any atom is 0.306 e. The first-order chi connectivity index (χ1) is 35.0. The summed E-state index contributed by atoms with van der Waals surface area (Å²) in [6, 6.07) is 0. The maximum absolute atomic E-state index is 12.8. The van der Waals surface area contributed by atoms with Gasteiger partial charge in [-0.25, -0.2) is 0 Å². The van der Waals surface area contributed by atoms with Gasteiger partial charge in [0.05, 0.1) is 0 Å². The highest BCUT2D eigenvalue weighted by molar-refractivity contribution is 5.71. The largest absolute Gasteiger partial charge is 0.462 e. The van der Waals surface area contributed by atoms with Crippen molar-refractivity contribution < 1.29 is 28.6 Å². The molecular weight excluding hydrogens is 877 g/mol. The van der Waals surface area contributed by atoms with E-state index >= 15 is 0 Å². The zero-order valence-electron chi connectivity index (χ0n) is 48.0. The third kappa shape index (κ3) is 58.7. The molecule has 0 spiro atoms. The molecule has 1 unspecified atom stereocenters. The van der Waals surface area contributed by atoms with Gasteiger partial charge in [-0.3, -0.25) is 14.4 Å². The second kappa shape index (κ2) is 60.4. The van der Waals surface area contributed by atoms with Crippen LogP contribution in [0.1, 0.15) is 355 Å². The van der Waals surface area contributed by atoms with Gasteiger partial charge in [0.2, 0.25) is 0 Å². The van der Waals surface area contributed by atoms with Crippen LogP contribution in [-0.4, -0.2) is 37.2 Å². The van der Waals surface area contributed by atoms with Gasteiger partial charge in [0.25, 0.3) is 0 Å². The topological polar surface area (TPSA) is 78.9 Å². The highest BCUT2D eigenvalue weighted by Gasteiger charge is 2.19. The van der Waals surface area contributed by atoms with Crippen molar-refractivity contribution in [3.63, 3.8) is 0 Å². The average molecular weight is 1000 g/mol. The van der Waals surface area contributed by atoms with Crippen molar-refractivity contribution in [1.29, 1.82) is 0 Å². The molecule has 0 aliphatic heterocycles. The van der Waals surface area contributed by atoms with Gasteiger partial charge in [-0.15, -0.1) is 0 Å². The van der Waals surface area contributed by atoms with Crippen LogP contribution in [0.15, 0.2) is 24.3 Å². The number of carbonyl (C=O) groups is 3. The summed E-state index contributed by atoms with van der Waals surface area (Å²) in [6.45, 7) is 6.62. The van der Waals surface area contributed by atoms with Gasteiger partial charge in [-0.05, 0) is 51.4 Å². The number of rotatable bonds is 59. The van der Waals surface area contributed by atoms with Gasteiger partial charge in [-0.2, -0.15) is 0 Å². The molecule has 0 aromatic heterocycles. The third-order valence-electron chi connectivity index (χ3n) is 14.5. The Kier molecular flexibility index (Phi) is 58.6. The van der Waals surface area contributed by atoms with Gasteiger partial charge >= 0.3 is 17.9 Å². The molecule has 0 amide bonds. The molecule has 0 aromatic rings. The Morgan fingerprint density at radius 3 is 0.775 bits per heavy atom. The standard InChI is InChI=1S/C65H122O6/c1-4-7-10-13-16-18-20-22-24-25-26-27-28-29-30-31-32-33-34-35-36-37-38-39-40-41-42-44-45-47-49-52-55-58-64(67)70-61-62(60-69-63(66)57-54-51-15-12-9-6-3)71-65(68)59-56-53-50-48-46-43-23-21-19-17-14-11-8-5-2/h20,22,25-26,62H,4-19,21,23-24,27-61H2,1-3H3/b22-20-,26-25-. The van der Waals surface area contributed by atoms with Gasteiger partial charge in [0.1, 0.15) is 13.2 Å². The van der Waals surface area contributed by atoms with Crippen LogP contribution in [0, 0.1) is 0 Å². The van der Waals surface area contributed by atoms with E-state index in [-0.39, 0.29) is 31.1 Å². The molecule has 0 saturated carbocycles. The molecule has 6 nitrogen and oxygen atoms in total. The van der Waals surface area contributed by atoms with Crippen LogP contribution in [0.4, 0.5) is 0 Å². The van der Waals surface area contributed by atoms with Crippen LogP contribution >= 0.6 is 0 Å². The van der Waals surface area contributed by atoms with E-state index in [1.165, 1.54) is 250 Å². The molecule has 0 bridgehead atoms. The Hall–Kier alpha value is -2.11. The molecule has 0 rings (SSSR count). The normalized spacial score (nSPS) is 12.1. The summed E-state index contributed by atoms with van der Waals surface area (Å²) >= 11 is 0. The summed E-state index contributed by atoms with van der Waals surface area (Å²) in [7, 11) is 0. The second-order valence-electron chi connectivity index (χ2n) is 21.7. The Labute approximate surface area is 443 Å². The summed E-state index contributed by atoms with van der Waals surface area (Å²) in [6.07, 6.45) is 72.4. The van der Waals surface area contributed by atoms with Crippen LogP contribution in [0.2, 0.25) is 0 Å². The Bertz CT molecular complexity index is 1150. The predicted molar refractivity (Wildman–Crippen MR) is 307 cm³/mol. The highest BCUT2D eigenvalue weighted by Crippen LogP contribution is 2.18. The lowest BCUT2D eigenvalue weighted by Crippen LogP contribution is -2.30. The summed E-state index contributed by atoms with van der Waals surface area (Å²) in [5.74, 6) is -0.852. The first-order valence-electron chi connectivity index (χ1n) is 31.8. The minimum absolute atomic E-state index is 0.0646. The molecule has 0 N–H and O–H groups in total. The van der Waals surface area contributed by atoms with Crippen LogP contribution in [0.5, 0.6) is 0 Å².